The Morgan fingerprint density at radius 3 is 2.43 bits per heavy atom. The van der Waals surface area contributed by atoms with Crippen LogP contribution in [0.3, 0.4) is 0 Å². The number of cyclic esters (lactones) is 1. The number of allylic oxidation sites excluding steroid dienone is 1. The van der Waals surface area contributed by atoms with Gasteiger partial charge in [-0.1, -0.05) is 12.1 Å². The normalized spacial score (nSPS) is 18.3. The van der Waals surface area contributed by atoms with Crippen molar-refractivity contribution in [1.29, 1.82) is 0 Å². The van der Waals surface area contributed by atoms with Crippen LogP contribution in [0.25, 0.3) is 0 Å². The van der Waals surface area contributed by atoms with E-state index in [1.807, 2.05) is 0 Å². The van der Waals surface area contributed by atoms with Crippen molar-refractivity contribution in [3.05, 3.63) is 46.7 Å². The number of alkyl carbamates (subject to hydrolysis) is 1. The highest BCUT2D eigenvalue weighted by Crippen LogP contribution is 2.33. The monoisotopic (exact) mass is 329 g/mol. The standard InChI is InChI=1S/C15H14F3NO4/c1-3-22-13(20)11-8(2)23-14(21)19-12(11)9-4-6-10(7-5-9)15(16,17)18/h4-7,12H,3H2,1-2H3,(H,19,21). The van der Waals surface area contributed by atoms with E-state index < -0.39 is 29.8 Å². The molecule has 1 amide bonds. The van der Waals surface area contributed by atoms with Gasteiger partial charge in [-0.3, -0.25) is 0 Å². The van der Waals surface area contributed by atoms with Crippen molar-refractivity contribution in [2.24, 2.45) is 0 Å². The molecule has 1 atom stereocenters. The number of rotatable bonds is 3. The summed E-state index contributed by atoms with van der Waals surface area (Å²) in [6.45, 7) is 3.15. The molecule has 0 saturated heterocycles. The molecule has 0 spiro atoms. The van der Waals surface area contributed by atoms with Crippen LogP contribution in [0.4, 0.5) is 18.0 Å². The van der Waals surface area contributed by atoms with Gasteiger partial charge in [0.2, 0.25) is 0 Å². The van der Waals surface area contributed by atoms with Gasteiger partial charge in [-0.25, -0.2) is 9.59 Å². The molecule has 5 nitrogen and oxygen atoms in total. The van der Waals surface area contributed by atoms with E-state index in [9.17, 15) is 22.8 Å². The molecule has 1 aliphatic heterocycles. The Morgan fingerprint density at radius 1 is 1.30 bits per heavy atom. The second-order valence-corrected chi connectivity index (χ2v) is 4.78. The Bertz CT molecular complexity index is 650. The predicted octanol–water partition coefficient (Wildman–Crippen LogP) is 3.32. The first-order valence-electron chi connectivity index (χ1n) is 6.77. The van der Waals surface area contributed by atoms with E-state index in [1.54, 1.807) is 6.92 Å². The third kappa shape index (κ3) is 3.64. The molecule has 1 aromatic rings. The number of esters is 1. The summed E-state index contributed by atoms with van der Waals surface area (Å²) < 4.78 is 47.6. The zero-order chi connectivity index (χ0) is 17.2. The molecule has 0 saturated carbocycles. The first-order valence-corrected chi connectivity index (χ1v) is 6.77. The van der Waals surface area contributed by atoms with E-state index in [0.717, 1.165) is 12.1 Å². The van der Waals surface area contributed by atoms with Gasteiger partial charge in [-0.15, -0.1) is 0 Å². The van der Waals surface area contributed by atoms with E-state index in [4.69, 9.17) is 9.47 Å². The molecule has 1 unspecified atom stereocenters. The topological polar surface area (TPSA) is 64.6 Å². The van der Waals surface area contributed by atoms with E-state index >= 15 is 0 Å². The number of halogens is 3. The fourth-order valence-electron chi connectivity index (χ4n) is 2.20. The first kappa shape index (κ1) is 16.9. The summed E-state index contributed by atoms with van der Waals surface area (Å²) in [5, 5.41) is 2.41. The second-order valence-electron chi connectivity index (χ2n) is 4.78. The largest absolute Gasteiger partial charge is 0.462 e. The van der Waals surface area contributed by atoms with Crippen molar-refractivity contribution in [2.75, 3.05) is 6.61 Å². The van der Waals surface area contributed by atoms with Gasteiger partial charge in [-0.05, 0) is 31.5 Å². The minimum absolute atomic E-state index is 0.0474. The van der Waals surface area contributed by atoms with Gasteiger partial charge in [-0.2, -0.15) is 13.2 Å². The van der Waals surface area contributed by atoms with Crippen LogP contribution in [0.1, 0.15) is 31.0 Å². The highest BCUT2D eigenvalue weighted by Gasteiger charge is 2.35. The average molecular weight is 329 g/mol. The number of hydrogen-bond acceptors (Lipinski definition) is 4. The Kier molecular flexibility index (Phi) is 4.63. The van der Waals surface area contributed by atoms with Gasteiger partial charge in [0.05, 0.1) is 18.2 Å². The Labute approximate surface area is 130 Å². The van der Waals surface area contributed by atoms with Gasteiger partial charge in [0.25, 0.3) is 0 Å². The fourth-order valence-corrected chi connectivity index (χ4v) is 2.20. The number of ether oxygens (including phenoxy) is 2. The minimum Gasteiger partial charge on any atom is -0.462 e. The number of hydrogen-bond donors (Lipinski definition) is 1. The maximum atomic E-state index is 12.6. The van der Waals surface area contributed by atoms with Crippen LogP contribution in [0.5, 0.6) is 0 Å². The molecule has 2 rings (SSSR count). The summed E-state index contributed by atoms with van der Waals surface area (Å²) in [7, 11) is 0. The van der Waals surface area contributed by atoms with E-state index in [2.05, 4.69) is 5.32 Å². The molecule has 1 aliphatic rings. The lowest BCUT2D eigenvalue weighted by Crippen LogP contribution is -2.38. The molecule has 23 heavy (non-hydrogen) atoms. The smallest absolute Gasteiger partial charge is 0.416 e. The highest BCUT2D eigenvalue weighted by atomic mass is 19.4. The lowest BCUT2D eigenvalue weighted by atomic mass is 9.96. The van der Waals surface area contributed by atoms with Crippen LogP contribution in [0.15, 0.2) is 35.6 Å². The third-order valence-corrected chi connectivity index (χ3v) is 3.24. The molecule has 0 radical (unpaired) electrons. The molecular formula is C15H14F3NO4. The molecule has 124 valence electrons. The number of nitrogens with one attached hydrogen (secondary N) is 1. The van der Waals surface area contributed by atoms with Gasteiger partial charge < -0.3 is 14.8 Å². The predicted molar refractivity (Wildman–Crippen MR) is 73.1 cm³/mol. The molecule has 1 aromatic carbocycles. The molecule has 0 fully saturated rings. The highest BCUT2D eigenvalue weighted by molar-refractivity contribution is 5.93. The number of carbonyl (C=O) groups is 2. The maximum absolute atomic E-state index is 12.6. The summed E-state index contributed by atoms with van der Waals surface area (Å²) in [5.74, 6) is -0.646. The molecule has 1 N–H and O–H groups in total. The van der Waals surface area contributed by atoms with Crippen LogP contribution in [-0.4, -0.2) is 18.7 Å². The zero-order valence-corrected chi connectivity index (χ0v) is 12.4. The summed E-state index contributed by atoms with van der Waals surface area (Å²) in [5.41, 5.74) is -0.457. The first-order chi connectivity index (χ1) is 10.7. The van der Waals surface area contributed by atoms with Gasteiger partial charge in [0, 0.05) is 0 Å². The van der Waals surface area contributed by atoms with Gasteiger partial charge in [0.15, 0.2) is 0 Å². The second kappa shape index (κ2) is 6.31. The Hall–Kier alpha value is -2.51. The molecular weight excluding hydrogens is 315 g/mol. The van der Waals surface area contributed by atoms with Crippen molar-refractivity contribution in [3.8, 4) is 0 Å². The minimum atomic E-state index is -4.47. The zero-order valence-electron chi connectivity index (χ0n) is 12.4. The van der Waals surface area contributed by atoms with Crippen molar-refractivity contribution < 1.29 is 32.2 Å². The van der Waals surface area contributed by atoms with Crippen molar-refractivity contribution >= 4 is 12.1 Å². The van der Waals surface area contributed by atoms with Crippen molar-refractivity contribution in [2.45, 2.75) is 26.1 Å². The Balaban J connectivity index is 2.40. The number of benzene rings is 1. The SMILES string of the molecule is CCOC(=O)C1=C(C)OC(=O)NC1c1ccc(C(F)(F)F)cc1. The quantitative estimate of drug-likeness (QED) is 0.864. The van der Waals surface area contributed by atoms with E-state index in [0.29, 0.717) is 5.56 Å². The van der Waals surface area contributed by atoms with Crippen molar-refractivity contribution in [1.82, 2.24) is 5.32 Å². The summed E-state index contributed by atoms with van der Waals surface area (Å²) in [6.07, 6.45) is -5.26. The van der Waals surface area contributed by atoms with Crippen LogP contribution in [0.2, 0.25) is 0 Å². The van der Waals surface area contributed by atoms with Crippen LogP contribution >= 0.6 is 0 Å². The summed E-state index contributed by atoms with van der Waals surface area (Å²) in [6, 6.07) is 3.24. The molecule has 8 heteroatoms. The lowest BCUT2D eigenvalue weighted by molar-refractivity contribution is -0.139. The maximum Gasteiger partial charge on any atom is 0.416 e. The summed E-state index contributed by atoms with van der Waals surface area (Å²) >= 11 is 0. The molecule has 0 aliphatic carbocycles. The molecule has 1 heterocycles. The van der Waals surface area contributed by atoms with Crippen LogP contribution in [0, 0.1) is 0 Å². The molecule has 0 aromatic heterocycles. The fraction of sp³-hybridized carbons (Fsp3) is 0.333. The number of alkyl halides is 3. The Morgan fingerprint density at radius 2 is 1.91 bits per heavy atom. The van der Waals surface area contributed by atoms with Gasteiger partial charge in [0.1, 0.15) is 11.3 Å². The molecule has 0 bridgehead atoms. The average Bonchev–Trinajstić information content (AvgIpc) is 2.45. The van der Waals surface area contributed by atoms with Crippen LogP contribution < -0.4 is 5.32 Å². The van der Waals surface area contributed by atoms with Gasteiger partial charge >= 0.3 is 18.2 Å². The van der Waals surface area contributed by atoms with Crippen molar-refractivity contribution in [3.63, 3.8) is 0 Å². The van der Waals surface area contributed by atoms with Crippen LogP contribution in [-0.2, 0) is 20.4 Å². The van der Waals surface area contributed by atoms with E-state index in [1.165, 1.54) is 19.1 Å². The number of carbonyl (C=O) groups excluding carboxylic acids is 2. The van der Waals surface area contributed by atoms with E-state index in [-0.39, 0.29) is 17.9 Å². The number of amides is 1. The summed E-state index contributed by atoms with van der Waals surface area (Å²) in [4.78, 5) is 23.5. The third-order valence-electron chi connectivity index (χ3n) is 3.24. The lowest BCUT2D eigenvalue weighted by Gasteiger charge is -2.27.